The minimum atomic E-state index is -0.556. The van der Waals surface area contributed by atoms with Gasteiger partial charge in [0.1, 0.15) is 0 Å². The Balaban J connectivity index is 2.79. The molecule has 0 saturated carbocycles. The molecule has 82 valence electrons. The van der Waals surface area contributed by atoms with Gasteiger partial charge in [0.25, 0.3) is 5.91 Å². The first-order chi connectivity index (χ1) is 7.49. The third-order valence-electron chi connectivity index (χ3n) is 2.51. The number of fused-ring (bicyclic) bond motifs is 1. The summed E-state index contributed by atoms with van der Waals surface area (Å²) in [5, 5.41) is 0. The zero-order valence-corrected chi connectivity index (χ0v) is 9.11. The summed E-state index contributed by atoms with van der Waals surface area (Å²) in [7, 11) is 0. The lowest BCUT2D eigenvalue weighted by atomic mass is 10.1. The van der Waals surface area contributed by atoms with Crippen LogP contribution in [0.1, 0.15) is 21.7 Å². The molecule has 0 aliphatic heterocycles. The molecule has 1 aromatic heterocycles. The van der Waals surface area contributed by atoms with E-state index in [0.717, 1.165) is 11.4 Å². The summed E-state index contributed by atoms with van der Waals surface area (Å²) in [6.07, 6.45) is 0. The predicted octanol–water partition coefficient (Wildman–Crippen LogP) is 0.928. The summed E-state index contributed by atoms with van der Waals surface area (Å²) in [4.78, 5) is 19.8. The molecule has 0 bridgehead atoms. The zero-order valence-electron chi connectivity index (χ0n) is 9.11. The first kappa shape index (κ1) is 10.4. The second-order valence-electron chi connectivity index (χ2n) is 3.69. The summed E-state index contributed by atoms with van der Waals surface area (Å²) < 4.78 is 0. The van der Waals surface area contributed by atoms with Crippen LogP contribution in [-0.4, -0.2) is 15.9 Å². The number of hydrogen-bond acceptors (Lipinski definition) is 4. The van der Waals surface area contributed by atoms with E-state index in [-0.39, 0.29) is 5.56 Å². The topological polar surface area (TPSA) is 94.9 Å². The second kappa shape index (κ2) is 3.44. The van der Waals surface area contributed by atoms with Crippen LogP contribution in [0.3, 0.4) is 0 Å². The van der Waals surface area contributed by atoms with E-state index < -0.39 is 5.91 Å². The summed E-state index contributed by atoms with van der Waals surface area (Å²) in [6.45, 7) is 3.74. The van der Waals surface area contributed by atoms with Gasteiger partial charge < -0.3 is 11.5 Å². The summed E-state index contributed by atoms with van der Waals surface area (Å²) in [5.41, 5.74) is 14.5. The van der Waals surface area contributed by atoms with Gasteiger partial charge in [0.2, 0.25) is 0 Å². The van der Waals surface area contributed by atoms with Crippen molar-refractivity contribution in [2.45, 2.75) is 13.8 Å². The Morgan fingerprint density at radius 1 is 1.12 bits per heavy atom. The van der Waals surface area contributed by atoms with Gasteiger partial charge in [-0.1, -0.05) is 0 Å². The molecule has 4 N–H and O–H groups in total. The van der Waals surface area contributed by atoms with Crippen LogP contribution in [0.4, 0.5) is 5.69 Å². The molecule has 0 aliphatic rings. The molecular weight excluding hydrogens is 204 g/mol. The van der Waals surface area contributed by atoms with Crippen LogP contribution < -0.4 is 11.5 Å². The molecule has 0 spiro atoms. The molecule has 2 aromatic rings. The molecule has 0 unspecified atom stereocenters. The second-order valence-corrected chi connectivity index (χ2v) is 3.69. The quantitative estimate of drug-likeness (QED) is 0.693. The summed E-state index contributed by atoms with van der Waals surface area (Å²) in [6, 6.07) is 3.20. The van der Waals surface area contributed by atoms with E-state index in [2.05, 4.69) is 9.97 Å². The SMILES string of the molecule is Cc1nc2cc(N)c(C(N)=O)cc2nc1C. The number of aromatic nitrogens is 2. The van der Waals surface area contributed by atoms with Crippen molar-refractivity contribution >= 4 is 22.6 Å². The van der Waals surface area contributed by atoms with Crippen LogP contribution >= 0.6 is 0 Å². The zero-order chi connectivity index (χ0) is 11.9. The third-order valence-corrected chi connectivity index (χ3v) is 2.51. The lowest BCUT2D eigenvalue weighted by molar-refractivity contribution is 0.100. The molecule has 5 heteroatoms. The Labute approximate surface area is 92.5 Å². The van der Waals surface area contributed by atoms with Crippen LogP contribution in [0.15, 0.2) is 12.1 Å². The number of nitrogens with two attached hydrogens (primary N) is 2. The van der Waals surface area contributed by atoms with Gasteiger partial charge in [-0.15, -0.1) is 0 Å². The Bertz CT molecular complexity index is 592. The van der Waals surface area contributed by atoms with E-state index in [0.29, 0.717) is 16.7 Å². The van der Waals surface area contributed by atoms with Crippen molar-refractivity contribution in [2.75, 3.05) is 5.73 Å². The maximum Gasteiger partial charge on any atom is 0.250 e. The molecule has 0 aliphatic carbocycles. The Morgan fingerprint density at radius 3 is 2.12 bits per heavy atom. The number of nitrogens with zero attached hydrogens (tertiary/aromatic N) is 2. The van der Waals surface area contributed by atoms with Crippen LogP contribution in [0, 0.1) is 13.8 Å². The Kier molecular flexibility index (Phi) is 2.23. The highest BCUT2D eigenvalue weighted by atomic mass is 16.1. The maximum atomic E-state index is 11.1. The van der Waals surface area contributed by atoms with E-state index in [1.807, 2.05) is 13.8 Å². The first-order valence-electron chi connectivity index (χ1n) is 4.83. The monoisotopic (exact) mass is 216 g/mol. The third kappa shape index (κ3) is 1.56. The van der Waals surface area contributed by atoms with Crippen molar-refractivity contribution in [3.8, 4) is 0 Å². The molecule has 1 aromatic carbocycles. The highest BCUT2D eigenvalue weighted by molar-refractivity contribution is 6.01. The number of carbonyl (C=O) groups is 1. The Hall–Kier alpha value is -2.17. The lowest BCUT2D eigenvalue weighted by Crippen LogP contribution is -2.13. The number of benzene rings is 1. The molecule has 2 rings (SSSR count). The molecule has 0 radical (unpaired) electrons. The molecular formula is C11H12N4O. The van der Waals surface area contributed by atoms with Gasteiger partial charge in [0, 0.05) is 5.69 Å². The number of primary amides is 1. The van der Waals surface area contributed by atoms with Crippen LogP contribution in [0.5, 0.6) is 0 Å². The molecule has 1 heterocycles. The van der Waals surface area contributed by atoms with Crippen molar-refractivity contribution in [2.24, 2.45) is 5.73 Å². The van der Waals surface area contributed by atoms with Crippen molar-refractivity contribution in [1.82, 2.24) is 9.97 Å². The molecule has 16 heavy (non-hydrogen) atoms. The van der Waals surface area contributed by atoms with Crippen molar-refractivity contribution in [3.63, 3.8) is 0 Å². The first-order valence-corrected chi connectivity index (χ1v) is 4.83. The summed E-state index contributed by atoms with van der Waals surface area (Å²) in [5.74, 6) is -0.556. The Morgan fingerprint density at radius 2 is 1.62 bits per heavy atom. The molecule has 1 amide bonds. The lowest BCUT2D eigenvalue weighted by Gasteiger charge is -2.06. The van der Waals surface area contributed by atoms with Crippen molar-refractivity contribution in [3.05, 3.63) is 29.1 Å². The average Bonchev–Trinajstić information content (AvgIpc) is 2.19. The average molecular weight is 216 g/mol. The van der Waals surface area contributed by atoms with Crippen LogP contribution in [0.2, 0.25) is 0 Å². The molecule has 5 nitrogen and oxygen atoms in total. The van der Waals surface area contributed by atoms with E-state index in [1.165, 1.54) is 0 Å². The molecule has 0 fully saturated rings. The van der Waals surface area contributed by atoms with E-state index >= 15 is 0 Å². The normalized spacial score (nSPS) is 10.6. The fourth-order valence-corrected chi connectivity index (χ4v) is 1.51. The van der Waals surface area contributed by atoms with Gasteiger partial charge >= 0.3 is 0 Å². The van der Waals surface area contributed by atoms with E-state index in [1.54, 1.807) is 12.1 Å². The minimum absolute atomic E-state index is 0.282. The van der Waals surface area contributed by atoms with E-state index in [4.69, 9.17) is 11.5 Å². The van der Waals surface area contributed by atoms with Crippen molar-refractivity contribution in [1.29, 1.82) is 0 Å². The fraction of sp³-hybridized carbons (Fsp3) is 0.182. The smallest absolute Gasteiger partial charge is 0.250 e. The van der Waals surface area contributed by atoms with Crippen LogP contribution in [0.25, 0.3) is 11.0 Å². The van der Waals surface area contributed by atoms with Gasteiger partial charge in [-0.05, 0) is 26.0 Å². The number of hydrogen-bond donors (Lipinski definition) is 2. The van der Waals surface area contributed by atoms with Gasteiger partial charge in [-0.2, -0.15) is 0 Å². The van der Waals surface area contributed by atoms with Gasteiger partial charge in [-0.3, -0.25) is 4.79 Å². The van der Waals surface area contributed by atoms with E-state index in [9.17, 15) is 4.79 Å². The van der Waals surface area contributed by atoms with Gasteiger partial charge in [0.05, 0.1) is 28.0 Å². The number of rotatable bonds is 1. The van der Waals surface area contributed by atoms with Gasteiger partial charge in [-0.25, -0.2) is 9.97 Å². The molecule has 0 saturated heterocycles. The minimum Gasteiger partial charge on any atom is -0.398 e. The molecule has 0 atom stereocenters. The summed E-state index contributed by atoms with van der Waals surface area (Å²) >= 11 is 0. The highest BCUT2D eigenvalue weighted by Crippen LogP contribution is 2.19. The van der Waals surface area contributed by atoms with Gasteiger partial charge in [0.15, 0.2) is 0 Å². The van der Waals surface area contributed by atoms with Crippen LogP contribution in [-0.2, 0) is 0 Å². The number of carbonyl (C=O) groups excluding carboxylic acids is 1. The largest absolute Gasteiger partial charge is 0.398 e. The highest BCUT2D eigenvalue weighted by Gasteiger charge is 2.09. The standard InChI is InChI=1S/C11H12N4O/c1-5-6(2)15-10-4-8(12)7(11(13)16)3-9(10)14-5/h3-4H,12H2,1-2H3,(H2,13,16). The van der Waals surface area contributed by atoms with Crippen molar-refractivity contribution < 1.29 is 4.79 Å². The number of aryl methyl sites for hydroxylation is 2. The fourth-order valence-electron chi connectivity index (χ4n) is 1.51. The predicted molar refractivity (Wildman–Crippen MR) is 61.9 cm³/mol. The number of amides is 1. The maximum absolute atomic E-state index is 11.1. The number of nitrogen functional groups attached to an aromatic ring is 1. The number of anilines is 1.